The van der Waals surface area contributed by atoms with Gasteiger partial charge in [0.05, 0.1) is 11.1 Å². The Labute approximate surface area is 261 Å². The molecule has 18 heteroatoms. The number of benzene rings is 1. The lowest BCUT2D eigenvalue weighted by molar-refractivity contribution is -0.145. The molecule has 0 spiro atoms. The first-order valence-electron chi connectivity index (χ1n) is 12.4. The molecule has 0 fully saturated rings. The molecule has 0 bridgehead atoms. The number of allylic oxidation sites excluding steroid dienone is 8. The Balaban J connectivity index is 1.94. The highest BCUT2D eigenvalue weighted by atomic mass is 19.4. The molecular formula is C30H4F8N10. The van der Waals surface area contributed by atoms with Crippen molar-refractivity contribution in [2.24, 2.45) is 0 Å². The fourth-order valence-corrected chi connectivity index (χ4v) is 5.16. The fourth-order valence-electron chi connectivity index (χ4n) is 5.16. The van der Waals surface area contributed by atoms with E-state index >= 15 is 8.78 Å². The summed E-state index contributed by atoms with van der Waals surface area (Å²) >= 11 is 0. The fraction of sp³-hybridized carbons (Fsp3) is 0.0667. The maximum atomic E-state index is 16.9. The van der Waals surface area contributed by atoms with Gasteiger partial charge in [-0.3, -0.25) is 0 Å². The van der Waals surface area contributed by atoms with Crippen LogP contribution in [0, 0.1) is 79.6 Å². The highest BCUT2D eigenvalue weighted by Gasteiger charge is 2.45. The number of halogens is 8. The number of alkyl halides is 6. The van der Waals surface area contributed by atoms with E-state index in [1.54, 1.807) is 12.1 Å². The third-order valence-corrected chi connectivity index (χ3v) is 6.94. The van der Waals surface area contributed by atoms with Crippen molar-refractivity contribution in [2.45, 2.75) is 12.4 Å². The summed E-state index contributed by atoms with van der Waals surface area (Å²) in [7, 11) is 0. The first-order valence-corrected chi connectivity index (χ1v) is 12.4. The molecule has 1 aromatic carbocycles. The van der Waals surface area contributed by atoms with Crippen LogP contribution in [0.1, 0.15) is 45.0 Å². The third kappa shape index (κ3) is 4.66. The minimum absolute atomic E-state index is 0.489. The number of fused-ring (bicyclic) bond motifs is 2. The highest BCUT2D eigenvalue weighted by molar-refractivity contribution is 6.30. The number of aromatic nitrogens is 4. The molecule has 0 aliphatic heterocycles. The predicted molar refractivity (Wildman–Crippen MR) is 142 cm³/mol. The van der Waals surface area contributed by atoms with E-state index in [-0.39, 0.29) is 0 Å². The van der Waals surface area contributed by atoms with Gasteiger partial charge in [0, 0.05) is 80.5 Å². The molecule has 2 heterocycles. The van der Waals surface area contributed by atoms with Gasteiger partial charge < -0.3 is 0 Å². The molecule has 230 valence electrons. The number of nitrogens with zero attached hydrogens (tertiary/aromatic N) is 10. The average molecular weight is 656 g/mol. The van der Waals surface area contributed by atoms with Gasteiger partial charge in [0.1, 0.15) is 59.2 Å². The van der Waals surface area contributed by atoms with Crippen molar-refractivity contribution in [2.75, 3.05) is 0 Å². The Bertz CT molecular complexity index is 2170. The lowest BCUT2D eigenvalue weighted by atomic mass is 9.89. The van der Waals surface area contributed by atoms with Crippen LogP contribution in [-0.2, 0) is 12.4 Å². The third-order valence-electron chi connectivity index (χ3n) is 6.94. The molecule has 0 saturated carbocycles. The Morgan fingerprint density at radius 1 is 0.500 bits per heavy atom. The highest BCUT2D eigenvalue weighted by Crippen LogP contribution is 2.57. The monoisotopic (exact) mass is 656 g/mol. The van der Waals surface area contributed by atoms with E-state index in [9.17, 15) is 57.9 Å². The Hall–Kier alpha value is -7.28. The van der Waals surface area contributed by atoms with Crippen molar-refractivity contribution in [3.05, 3.63) is 92.6 Å². The summed E-state index contributed by atoms with van der Waals surface area (Å²) in [6, 6.07) is 8.86. The van der Waals surface area contributed by atoms with Gasteiger partial charge in [-0.1, -0.05) is 0 Å². The standard InChI is InChI=1S/C30H4F8N10/c31-25-22-16(6-44)18(14-9-47-28(48-10-14)30(36,37)38)20(12(3-41)4-42)24(22)26(32)21-15(5-43)17(19(23(21)25)11(1-39)2-40)13-7-45-27(46-8-13)29(33,34)35/h7-10H. The van der Waals surface area contributed by atoms with Crippen LogP contribution in [0.4, 0.5) is 35.1 Å². The topological polar surface area (TPSA) is 194 Å². The molecule has 0 N–H and O–H groups in total. The quantitative estimate of drug-likeness (QED) is 0.230. The van der Waals surface area contributed by atoms with Crippen LogP contribution < -0.4 is 0 Å². The first-order chi connectivity index (χ1) is 22.7. The zero-order valence-corrected chi connectivity index (χ0v) is 22.8. The van der Waals surface area contributed by atoms with E-state index in [0.29, 0.717) is 24.8 Å². The predicted octanol–water partition coefficient (Wildman–Crippen LogP) is 6.08. The average Bonchev–Trinajstić information content (AvgIpc) is 3.59. The first kappa shape index (κ1) is 32.1. The molecule has 0 unspecified atom stereocenters. The minimum Gasteiger partial charge on any atom is -0.232 e. The molecule has 2 aliphatic carbocycles. The van der Waals surface area contributed by atoms with Crippen LogP contribution in [-0.4, -0.2) is 19.9 Å². The second-order valence-corrected chi connectivity index (χ2v) is 9.38. The molecule has 2 aromatic heterocycles. The van der Waals surface area contributed by atoms with Gasteiger partial charge in [0.25, 0.3) is 0 Å². The summed E-state index contributed by atoms with van der Waals surface area (Å²) in [5.41, 5.74) is -11.3. The summed E-state index contributed by atoms with van der Waals surface area (Å²) in [5, 5.41) is 59.1. The summed E-state index contributed by atoms with van der Waals surface area (Å²) in [6.45, 7) is 0. The van der Waals surface area contributed by atoms with Gasteiger partial charge in [-0.15, -0.1) is 0 Å². The summed E-state index contributed by atoms with van der Waals surface area (Å²) in [6.07, 6.45) is -7.93. The zero-order chi connectivity index (χ0) is 35.3. The van der Waals surface area contributed by atoms with Gasteiger partial charge in [0.15, 0.2) is 0 Å². The van der Waals surface area contributed by atoms with Crippen LogP contribution in [0.3, 0.4) is 0 Å². The summed E-state index contributed by atoms with van der Waals surface area (Å²) in [4.78, 5) is 12.6. The van der Waals surface area contributed by atoms with Crippen LogP contribution in [0.25, 0.3) is 33.4 Å². The molecule has 2 aliphatic rings. The summed E-state index contributed by atoms with van der Waals surface area (Å²) in [5.74, 6) is -6.46. The molecular weight excluding hydrogens is 652 g/mol. The molecule has 48 heavy (non-hydrogen) atoms. The van der Waals surface area contributed by atoms with Crippen molar-refractivity contribution >= 4 is 33.4 Å². The lowest BCUT2D eigenvalue weighted by Crippen LogP contribution is -2.10. The largest absolute Gasteiger partial charge is 0.451 e. The maximum absolute atomic E-state index is 16.9. The van der Waals surface area contributed by atoms with E-state index in [1.807, 2.05) is 0 Å². The Morgan fingerprint density at radius 3 is 1.02 bits per heavy atom. The van der Waals surface area contributed by atoms with Crippen LogP contribution in [0.15, 0.2) is 35.9 Å². The molecule has 5 rings (SSSR count). The molecule has 10 nitrogen and oxygen atoms in total. The van der Waals surface area contributed by atoms with Crippen molar-refractivity contribution in [1.29, 1.82) is 31.6 Å². The van der Waals surface area contributed by atoms with E-state index in [4.69, 9.17) is 0 Å². The second kappa shape index (κ2) is 11.3. The Morgan fingerprint density at radius 2 is 0.792 bits per heavy atom. The van der Waals surface area contributed by atoms with Crippen molar-refractivity contribution in [1.82, 2.24) is 19.9 Å². The van der Waals surface area contributed by atoms with Crippen molar-refractivity contribution < 1.29 is 35.1 Å². The van der Waals surface area contributed by atoms with Gasteiger partial charge in [-0.2, -0.15) is 57.9 Å². The van der Waals surface area contributed by atoms with Gasteiger partial charge in [-0.25, -0.2) is 28.7 Å². The van der Waals surface area contributed by atoms with E-state index < -0.39 is 114 Å². The van der Waals surface area contributed by atoms with E-state index in [2.05, 4.69) is 19.9 Å². The molecule has 3 aromatic rings. The minimum atomic E-state index is -5.02. The van der Waals surface area contributed by atoms with Gasteiger partial charge in [-0.05, 0) is 0 Å². The molecule has 0 saturated heterocycles. The maximum Gasteiger partial charge on any atom is 0.451 e. The molecule has 0 atom stereocenters. The smallest absolute Gasteiger partial charge is 0.232 e. The number of rotatable bonds is 2. The van der Waals surface area contributed by atoms with E-state index in [1.165, 1.54) is 24.3 Å². The Kier molecular flexibility index (Phi) is 7.54. The van der Waals surface area contributed by atoms with Crippen LogP contribution >= 0.6 is 0 Å². The van der Waals surface area contributed by atoms with E-state index in [0.717, 1.165) is 0 Å². The number of nitriles is 6. The summed E-state index contributed by atoms with van der Waals surface area (Å²) < 4.78 is 113. The normalized spacial score (nSPS) is 13.5. The van der Waals surface area contributed by atoms with Crippen LogP contribution in [0.5, 0.6) is 0 Å². The van der Waals surface area contributed by atoms with Crippen LogP contribution in [0.2, 0.25) is 0 Å². The lowest BCUT2D eigenvalue weighted by Gasteiger charge is -2.14. The zero-order valence-electron chi connectivity index (χ0n) is 22.8. The SMILES string of the molecule is N#CC(C#N)=C1C(c2cnc(C(F)(F)F)nc2)=C(C#N)c2c(F)c3c(c(F)c21)C(C#N)=C(c1cnc(C(F)(F)F)nc1)C3=C(C#N)C#N. The second-order valence-electron chi connectivity index (χ2n) is 9.38. The van der Waals surface area contributed by atoms with Gasteiger partial charge >= 0.3 is 12.4 Å². The molecule has 0 radical (unpaired) electrons. The van der Waals surface area contributed by atoms with Gasteiger partial charge in [0.2, 0.25) is 11.6 Å². The number of hydrogen-bond acceptors (Lipinski definition) is 10. The van der Waals surface area contributed by atoms with Crippen molar-refractivity contribution in [3.8, 4) is 36.4 Å². The van der Waals surface area contributed by atoms with Crippen molar-refractivity contribution in [3.63, 3.8) is 0 Å². The number of hydrogen-bond donors (Lipinski definition) is 0. The molecule has 0 amide bonds.